The van der Waals surface area contributed by atoms with Crippen molar-refractivity contribution in [3.8, 4) is 23.5 Å². The molecule has 1 aliphatic rings. The van der Waals surface area contributed by atoms with Crippen molar-refractivity contribution in [2.75, 3.05) is 19.7 Å². The summed E-state index contributed by atoms with van der Waals surface area (Å²) in [5.41, 5.74) is 4.68. The number of terminal acetylenes is 1. The van der Waals surface area contributed by atoms with E-state index in [1.54, 1.807) is 6.92 Å². The van der Waals surface area contributed by atoms with Crippen molar-refractivity contribution in [1.82, 2.24) is 10.2 Å². The first kappa shape index (κ1) is 25.8. The van der Waals surface area contributed by atoms with Crippen LogP contribution in [0.4, 0.5) is 4.79 Å². The van der Waals surface area contributed by atoms with Crippen molar-refractivity contribution in [2.24, 2.45) is 5.92 Å². The Morgan fingerprint density at radius 2 is 1.66 bits per heavy atom. The Morgan fingerprint density at radius 1 is 1.06 bits per heavy atom. The van der Waals surface area contributed by atoms with Crippen LogP contribution in [0.25, 0.3) is 11.1 Å². The number of carboxylic acid groups (broad SMARTS) is 1. The Balaban J connectivity index is 1.44. The van der Waals surface area contributed by atoms with Gasteiger partial charge >= 0.3 is 12.1 Å². The van der Waals surface area contributed by atoms with Gasteiger partial charge in [-0.25, -0.2) is 4.79 Å². The summed E-state index contributed by atoms with van der Waals surface area (Å²) in [5.74, 6) is 0.607. The van der Waals surface area contributed by atoms with E-state index >= 15 is 0 Å². The molecule has 2 N–H and O–H groups in total. The lowest BCUT2D eigenvalue weighted by molar-refractivity contribution is -0.145. The molecule has 7 nitrogen and oxygen atoms in total. The zero-order valence-electron chi connectivity index (χ0n) is 20.2. The number of nitrogens with one attached hydrogen (secondary N) is 1. The van der Waals surface area contributed by atoms with Gasteiger partial charge in [0.2, 0.25) is 5.91 Å². The molecule has 2 aromatic carbocycles. The summed E-state index contributed by atoms with van der Waals surface area (Å²) in [4.78, 5) is 37.1. The van der Waals surface area contributed by atoms with E-state index in [0.717, 1.165) is 11.1 Å². The summed E-state index contributed by atoms with van der Waals surface area (Å²) < 4.78 is 5.59. The maximum Gasteiger partial charge on any atom is 0.407 e. The third-order valence-corrected chi connectivity index (χ3v) is 6.32. The number of carbonyl (C=O) groups is 3. The van der Waals surface area contributed by atoms with Crippen LogP contribution in [0.1, 0.15) is 50.2 Å². The number of benzene rings is 2. The fourth-order valence-electron chi connectivity index (χ4n) is 4.56. The van der Waals surface area contributed by atoms with Crippen LogP contribution in [0, 0.1) is 18.3 Å². The lowest BCUT2D eigenvalue weighted by Crippen LogP contribution is -2.39. The van der Waals surface area contributed by atoms with E-state index in [-0.39, 0.29) is 36.9 Å². The van der Waals surface area contributed by atoms with E-state index in [0.29, 0.717) is 19.3 Å². The molecule has 35 heavy (non-hydrogen) atoms. The van der Waals surface area contributed by atoms with Gasteiger partial charge in [-0.15, -0.1) is 6.42 Å². The zero-order chi connectivity index (χ0) is 25.4. The van der Waals surface area contributed by atoms with Gasteiger partial charge in [-0.3, -0.25) is 9.59 Å². The minimum absolute atomic E-state index is 0.00655. The molecule has 3 rings (SSSR count). The second kappa shape index (κ2) is 12.1. The molecule has 0 saturated carbocycles. The quantitative estimate of drug-likeness (QED) is 0.472. The molecule has 2 aromatic rings. The van der Waals surface area contributed by atoms with Crippen molar-refractivity contribution < 1.29 is 24.2 Å². The number of ether oxygens (including phenoxy) is 1. The Kier molecular flexibility index (Phi) is 8.91. The largest absolute Gasteiger partial charge is 0.480 e. The van der Waals surface area contributed by atoms with Gasteiger partial charge in [0, 0.05) is 17.9 Å². The lowest BCUT2D eigenvalue weighted by atomic mass is 9.98. The van der Waals surface area contributed by atoms with Crippen LogP contribution >= 0.6 is 0 Å². The number of carbonyl (C=O) groups excluding carboxylic acids is 2. The summed E-state index contributed by atoms with van der Waals surface area (Å²) in [6.07, 6.45) is 6.70. The van der Waals surface area contributed by atoms with Crippen LogP contribution in [-0.4, -0.2) is 53.7 Å². The number of nitrogens with zero attached hydrogens (tertiary/aromatic N) is 1. The predicted molar refractivity (Wildman–Crippen MR) is 134 cm³/mol. The van der Waals surface area contributed by atoms with Gasteiger partial charge in [0.05, 0.1) is 6.54 Å². The normalized spacial score (nSPS) is 13.6. The average molecular weight is 477 g/mol. The third kappa shape index (κ3) is 6.63. The van der Waals surface area contributed by atoms with E-state index in [1.807, 2.05) is 31.2 Å². The number of carboxylic acids is 1. The average Bonchev–Trinajstić information content (AvgIpc) is 3.15. The molecule has 2 unspecified atom stereocenters. The number of alkyl carbamates (subject to hydrolysis) is 1. The maximum absolute atomic E-state index is 12.5. The van der Waals surface area contributed by atoms with Gasteiger partial charge in [0.15, 0.2) is 0 Å². The Bertz CT molecular complexity index is 1060. The molecule has 2 atom stereocenters. The zero-order valence-corrected chi connectivity index (χ0v) is 20.2. The Labute approximate surface area is 206 Å². The Hall–Kier alpha value is -3.79. The number of aliphatic carboxylic acids is 1. The first-order valence-electron chi connectivity index (χ1n) is 11.9. The summed E-state index contributed by atoms with van der Waals surface area (Å²) in [6.45, 7) is 3.47. The van der Waals surface area contributed by atoms with Gasteiger partial charge in [-0.05, 0) is 42.0 Å². The molecule has 0 aliphatic heterocycles. The van der Waals surface area contributed by atoms with Crippen LogP contribution in [0.3, 0.4) is 0 Å². The summed E-state index contributed by atoms with van der Waals surface area (Å²) in [6, 6.07) is 16.2. The molecule has 0 heterocycles. The first-order chi connectivity index (χ1) is 16.8. The summed E-state index contributed by atoms with van der Waals surface area (Å²) in [7, 11) is 0. The number of rotatable bonds is 11. The molecule has 0 fully saturated rings. The molecular weight excluding hydrogens is 444 g/mol. The number of hydrogen-bond acceptors (Lipinski definition) is 4. The SMILES string of the molecule is C#CCN(CC(=O)O)C(=O)C(C)CCCC(C)NC(=O)OCC1c2ccccc2-c2ccccc21. The molecule has 0 radical (unpaired) electrons. The molecule has 0 aromatic heterocycles. The maximum atomic E-state index is 12.5. The van der Waals surface area contributed by atoms with Crippen molar-refractivity contribution in [3.63, 3.8) is 0 Å². The molecule has 7 heteroatoms. The van der Waals surface area contributed by atoms with Crippen LogP contribution in [0.15, 0.2) is 48.5 Å². The minimum Gasteiger partial charge on any atom is -0.480 e. The molecule has 0 spiro atoms. The van der Waals surface area contributed by atoms with E-state index in [1.165, 1.54) is 16.0 Å². The minimum atomic E-state index is -1.10. The van der Waals surface area contributed by atoms with E-state index in [9.17, 15) is 14.4 Å². The molecule has 2 amide bonds. The topological polar surface area (TPSA) is 95.9 Å². The fraction of sp³-hybridized carbons (Fsp3) is 0.393. The third-order valence-electron chi connectivity index (χ3n) is 6.32. The fourth-order valence-corrected chi connectivity index (χ4v) is 4.56. The molecular formula is C28H32N2O5. The highest BCUT2D eigenvalue weighted by Crippen LogP contribution is 2.44. The highest BCUT2D eigenvalue weighted by atomic mass is 16.5. The Morgan fingerprint density at radius 3 is 2.23 bits per heavy atom. The first-order valence-corrected chi connectivity index (χ1v) is 11.9. The number of fused-ring (bicyclic) bond motifs is 3. The van der Waals surface area contributed by atoms with Crippen LogP contribution < -0.4 is 5.32 Å². The monoisotopic (exact) mass is 476 g/mol. The molecule has 0 bridgehead atoms. The van der Waals surface area contributed by atoms with Gasteiger partial charge in [-0.2, -0.15) is 0 Å². The number of hydrogen-bond donors (Lipinski definition) is 2. The molecule has 1 aliphatic carbocycles. The van der Waals surface area contributed by atoms with Gasteiger partial charge in [-0.1, -0.05) is 67.8 Å². The number of amides is 2. The van der Waals surface area contributed by atoms with E-state index < -0.39 is 18.6 Å². The van der Waals surface area contributed by atoms with Gasteiger partial charge < -0.3 is 20.1 Å². The predicted octanol–water partition coefficient (Wildman–Crippen LogP) is 4.27. The molecule has 184 valence electrons. The molecule has 0 saturated heterocycles. The highest BCUT2D eigenvalue weighted by molar-refractivity contribution is 5.83. The van der Waals surface area contributed by atoms with Crippen molar-refractivity contribution in [3.05, 3.63) is 59.7 Å². The lowest BCUT2D eigenvalue weighted by Gasteiger charge is -2.22. The van der Waals surface area contributed by atoms with Crippen LogP contribution in [-0.2, 0) is 14.3 Å². The van der Waals surface area contributed by atoms with Crippen molar-refractivity contribution >= 4 is 18.0 Å². The standard InChI is InChI=1S/C28H32N2O5/c1-4-16-30(17-26(31)32)27(33)19(2)10-9-11-20(3)29-28(34)35-18-25-23-14-7-5-12-21(23)22-13-6-8-15-24(22)25/h1,5-8,12-15,19-20,25H,9-11,16-18H2,2-3H3,(H,29,34)(H,31,32). The summed E-state index contributed by atoms with van der Waals surface area (Å²) in [5, 5.41) is 11.8. The van der Waals surface area contributed by atoms with Crippen molar-refractivity contribution in [2.45, 2.75) is 45.1 Å². The van der Waals surface area contributed by atoms with Crippen LogP contribution in [0.5, 0.6) is 0 Å². The van der Waals surface area contributed by atoms with E-state index in [4.69, 9.17) is 16.3 Å². The summed E-state index contributed by atoms with van der Waals surface area (Å²) >= 11 is 0. The smallest absolute Gasteiger partial charge is 0.407 e. The van der Waals surface area contributed by atoms with Crippen LogP contribution in [0.2, 0.25) is 0 Å². The van der Waals surface area contributed by atoms with Gasteiger partial charge in [0.1, 0.15) is 13.2 Å². The van der Waals surface area contributed by atoms with Crippen molar-refractivity contribution in [1.29, 1.82) is 0 Å². The van der Waals surface area contributed by atoms with Gasteiger partial charge in [0.25, 0.3) is 0 Å². The highest BCUT2D eigenvalue weighted by Gasteiger charge is 2.29. The second-order valence-electron chi connectivity index (χ2n) is 9.00. The second-order valence-corrected chi connectivity index (χ2v) is 9.00. The van der Waals surface area contributed by atoms with E-state index in [2.05, 4.69) is 35.5 Å².